The normalized spacial score (nSPS) is 13.6. The predicted molar refractivity (Wildman–Crippen MR) is 85.4 cm³/mol. The van der Waals surface area contributed by atoms with Crippen molar-refractivity contribution in [3.05, 3.63) is 64.5 Å². The number of nitrogens with one attached hydrogen (secondary N) is 1. The van der Waals surface area contributed by atoms with Gasteiger partial charge < -0.3 is 15.2 Å². The fourth-order valence-corrected chi connectivity index (χ4v) is 2.61. The molecule has 130 valence electrons. The summed E-state index contributed by atoms with van der Waals surface area (Å²) in [6.07, 6.45) is 0. The van der Waals surface area contributed by atoms with Gasteiger partial charge in [-0.1, -0.05) is 17.7 Å². The summed E-state index contributed by atoms with van der Waals surface area (Å²) in [5.41, 5.74) is 2.00. The van der Waals surface area contributed by atoms with Crippen LogP contribution in [0.3, 0.4) is 0 Å². The molecule has 0 fully saturated rings. The van der Waals surface area contributed by atoms with Crippen LogP contribution >= 0.6 is 0 Å². The van der Waals surface area contributed by atoms with E-state index in [0.717, 1.165) is 23.3 Å². The highest BCUT2D eigenvalue weighted by molar-refractivity contribution is 5.39. The van der Waals surface area contributed by atoms with Crippen LogP contribution in [0, 0.1) is 24.4 Å². The van der Waals surface area contributed by atoms with E-state index >= 15 is 0 Å². The Morgan fingerprint density at radius 3 is 2.29 bits per heavy atom. The Bertz CT molecular complexity index is 698. The van der Waals surface area contributed by atoms with Gasteiger partial charge >= 0.3 is 0 Å². The molecule has 0 radical (unpaired) electrons. The Kier molecular flexibility index (Phi) is 5.85. The van der Waals surface area contributed by atoms with Crippen molar-refractivity contribution in [3.63, 3.8) is 0 Å². The molecule has 2 rings (SSSR count). The van der Waals surface area contributed by atoms with Crippen molar-refractivity contribution >= 4 is 0 Å². The summed E-state index contributed by atoms with van der Waals surface area (Å²) in [5.74, 6) is -3.44. The fourth-order valence-electron chi connectivity index (χ4n) is 2.61. The number of aliphatic hydroxyl groups excluding tert-OH is 1. The SMILES string of the molecule is COc1ccc(C)cc1C(C)NC(CO)c1cc(F)c(F)c(F)c1. The minimum Gasteiger partial charge on any atom is -0.496 e. The monoisotopic (exact) mass is 339 g/mol. The number of methoxy groups -OCH3 is 1. The van der Waals surface area contributed by atoms with E-state index in [2.05, 4.69) is 5.32 Å². The molecule has 2 aromatic carbocycles. The average molecular weight is 339 g/mol. The second-order valence-electron chi connectivity index (χ2n) is 5.67. The van der Waals surface area contributed by atoms with E-state index in [9.17, 15) is 18.3 Å². The van der Waals surface area contributed by atoms with Crippen LogP contribution in [0.2, 0.25) is 0 Å². The van der Waals surface area contributed by atoms with Gasteiger partial charge in [0.25, 0.3) is 0 Å². The van der Waals surface area contributed by atoms with E-state index in [-0.39, 0.29) is 11.6 Å². The number of benzene rings is 2. The van der Waals surface area contributed by atoms with E-state index in [1.807, 2.05) is 32.0 Å². The third-order valence-corrected chi connectivity index (χ3v) is 3.89. The Labute approximate surface area is 139 Å². The van der Waals surface area contributed by atoms with Gasteiger partial charge in [-0.15, -0.1) is 0 Å². The predicted octanol–water partition coefficient (Wildman–Crippen LogP) is 3.81. The largest absolute Gasteiger partial charge is 0.496 e. The molecule has 3 nitrogen and oxygen atoms in total. The second-order valence-corrected chi connectivity index (χ2v) is 5.67. The summed E-state index contributed by atoms with van der Waals surface area (Å²) >= 11 is 0. The lowest BCUT2D eigenvalue weighted by molar-refractivity contribution is 0.233. The molecule has 6 heteroatoms. The molecule has 0 saturated heterocycles. The van der Waals surface area contributed by atoms with Crippen LogP contribution in [0.5, 0.6) is 5.75 Å². The molecule has 0 saturated carbocycles. The summed E-state index contributed by atoms with van der Waals surface area (Å²) < 4.78 is 45.3. The van der Waals surface area contributed by atoms with Crippen LogP contribution < -0.4 is 10.1 Å². The average Bonchev–Trinajstić information content (AvgIpc) is 2.56. The van der Waals surface area contributed by atoms with Crippen molar-refractivity contribution in [1.82, 2.24) is 5.32 Å². The summed E-state index contributed by atoms with van der Waals surface area (Å²) in [4.78, 5) is 0. The summed E-state index contributed by atoms with van der Waals surface area (Å²) in [7, 11) is 1.55. The van der Waals surface area contributed by atoms with Crippen molar-refractivity contribution in [2.24, 2.45) is 0 Å². The minimum atomic E-state index is -1.52. The maximum absolute atomic E-state index is 13.4. The molecule has 2 aromatic rings. The lowest BCUT2D eigenvalue weighted by Gasteiger charge is -2.24. The minimum absolute atomic E-state index is 0.132. The van der Waals surface area contributed by atoms with Gasteiger partial charge in [-0.2, -0.15) is 0 Å². The van der Waals surface area contributed by atoms with Gasteiger partial charge in [0.1, 0.15) is 5.75 Å². The van der Waals surface area contributed by atoms with Gasteiger partial charge in [-0.3, -0.25) is 0 Å². The molecule has 0 aliphatic rings. The fraction of sp³-hybridized carbons (Fsp3) is 0.333. The lowest BCUT2D eigenvalue weighted by Crippen LogP contribution is -2.28. The zero-order chi connectivity index (χ0) is 17.9. The van der Waals surface area contributed by atoms with Crippen molar-refractivity contribution in [2.75, 3.05) is 13.7 Å². The Hall–Kier alpha value is -2.05. The first-order valence-electron chi connectivity index (χ1n) is 7.53. The van der Waals surface area contributed by atoms with Crippen LogP contribution in [-0.2, 0) is 0 Å². The van der Waals surface area contributed by atoms with E-state index in [1.165, 1.54) is 0 Å². The molecule has 2 N–H and O–H groups in total. The Balaban J connectivity index is 2.29. The number of halogens is 3. The lowest BCUT2D eigenvalue weighted by atomic mass is 10.0. The molecule has 2 atom stereocenters. The molecule has 2 unspecified atom stereocenters. The first-order chi connectivity index (χ1) is 11.4. The van der Waals surface area contributed by atoms with Crippen LogP contribution in [-0.4, -0.2) is 18.8 Å². The highest BCUT2D eigenvalue weighted by atomic mass is 19.2. The second kappa shape index (κ2) is 7.68. The van der Waals surface area contributed by atoms with E-state index in [1.54, 1.807) is 7.11 Å². The van der Waals surface area contributed by atoms with Crippen molar-refractivity contribution in [3.8, 4) is 5.75 Å². The Morgan fingerprint density at radius 2 is 1.75 bits per heavy atom. The van der Waals surface area contributed by atoms with Crippen LogP contribution in [0.1, 0.15) is 35.7 Å². The molecule has 0 spiro atoms. The van der Waals surface area contributed by atoms with Crippen molar-refractivity contribution < 1.29 is 23.0 Å². The highest BCUT2D eigenvalue weighted by Gasteiger charge is 2.20. The maximum atomic E-state index is 13.4. The molecule has 24 heavy (non-hydrogen) atoms. The number of aliphatic hydroxyl groups is 1. The molecule has 0 heterocycles. The van der Waals surface area contributed by atoms with Crippen LogP contribution in [0.15, 0.2) is 30.3 Å². The van der Waals surface area contributed by atoms with Crippen LogP contribution in [0.4, 0.5) is 13.2 Å². The topological polar surface area (TPSA) is 41.5 Å². The quantitative estimate of drug-likeness (QED) is 0.787. The summed E-state index contributed by atoms with van der Waals surface area (Å²) in [6, 6.07) is 6.40. The van der Waals surface area contributed by atoms with Crippen LogP contribution in [0.25, 0.3) is 0 Å². The van der Waals surface area contributed by atoms with Gasteiger partial charge in [0.05, 0.1) is 19.8 Å². The summed E-state index contributed by atoms with van der Waals surface area (Å²) in [5, 5.41) is 12.7. The van der Waals surface area contributed by atoms with Gasteiger partial charge in [0.15, 0.2) is 17.5 Å². The molecular weight excluding hydrogens is 319 g/mol. The number of hydrogen-bond donors (Lipinski definition) is 2. The van der Waals surface area contributed by atoms with E-state index in [0.29, 0.717) is 5.75 Å². The molecule has 0 aliphatic carbocycles. The number of rotatable bonds is 6. The molecular formula is C18H20F3NO2. The van der Waals surface area contributed by atoms with Gasteiger partial charge in [-0.25, -0.2) is 13.2 Å². The third-order valence-electron chi connectivity index (χ3n) is 3.89. The Morgan fingerprint density at radius 1 is 1.12 bits per heavy atom. The maximum Gasteiger partial charge on any atom is 0.194 e. The van der Waals surface area contributed by atoms with Crippen molar-refractivity contribution in [2.45, 2.75) is 25.9 Å². The first-order valence-corrected chi connectivity index (χ1v) is 7.53. The smallest absolute Gasteiger partial charge is 0.194 e. The first kappa shape index (κ1) is 18.3. The summed E-state index contributed by atoms with van der Waals surface area (Å²) in [6.45, 7) is 3.38. The zero-order valence-electron chi connectivity index (χ0n) is 13.7. The zero-order valence-corrected chi connectivity index (χ0v) is 13.7. The van der Waals surface area contributed by atoms with Gasteiger partial charge in [-0.05, 0) is 37.6 Å². The molecule has 0 aromatic heterocycles. The standard InChI is InChI=1S/C18H20F3NO2/c1-10-4-5-17(24-3)13(6-10)11(2)22-16(9-23)12-7-14(19)18(21)15(20)8-12/h4-8,11,16,22-23H,9H2,1-3H3. The number of ether oxygens (including phenoxy) is 1. The number of hydrogen-bond acceptors (Lipinski definition) is 3. The van der Waals surface area contributed by atoms with E-state index < -0.39 is 30.1 Å². The highest BCUT2D eigenvalue weighted by Crippen LogP contribution is 2.29. The third kappa shape index (κ3) is 3.88. The molecule has 0 aliphatic heterocycles. The number of aryl methyl sites for hydroxylation is 1. The van der Waals surface area contributed by atoms with Gasteiger partial charge in [0.2, 0.25) is 0 Å². The van der Waals surface area contributed by atoms with E-state index in [4.69, 9.17) is 4.74 Å². The van der Waals surface area contributed by atoms with Crippen molar-refractivity contribution in [1.29, 1.82) is 0 Å². The molecule has 0 amide bonds. The molecule has 0 bridgehead atoms. The van der Waals surface area contributed by atoms with Gasteiger partial charge in [0, 0.05) is 11.6 Å².